The predicted octanol–water partition coefficient (Wildman–Crippen LogP) is 4.52. The van der Waals surface area contributed by atoms with Crippen molar-refractivity contribution in [1.29, 1.82) is 0 Å². The summed E-state index contributed by atoms with van der Waals surface area (Å²) in [6, 6.07) is 1.10. The van der Waals surface area contributed by atoms with Gasteiger partial charge >= 0.3 is 51.4 Å². The number of hydrogen-bond acceptors (Lipinski definition) is 4. The first-order chi connectivity index (χ1) is 14.8. The molecule has 0 aromatic rings. The number of likely N-dealkylation sites (tertiary alicyclic amines) is 1. The molecule has 1 saturated heterocycles. The number of likely N-dealkylation sites (N-methyl/N-ethyl adjacent to an activating group) is 1. The molecule has 0 N–H and O–H groups in total. The van der Waals surface area contributed by atoms with Gasteiger partial charge in [0.1, 0.15) is 0 Å². The first-order valence-electron chi connectivity index (χ1n) is 13.2. The third-order valence-corrected chi connectivity index (χ3v) is 6.13. The zero-order valence-corrected chi connectivity index (χ0v) is 29.5. The third-order valence-electron chi connectivity index (χ3n) is 6.13. The van der Waals surface area contributed by atoms with E-state index in [9.17, 15) is 9.59 Å². The maximum atomic E-state index is 12.2. The van der Waals surface area contributed by atoms with Crippen LogP contribution in [0, 0.1) is 26.2 Å². The number of hydrogen-bond donors (Lipinski definition) is 0. The summed E-state index contributed by atoms with van der Waals surface area (Å²) in [6.07, 6.45) is 3.88. The van der Waals surface area contributed by atoms with Gasteiger partial charge in [-0.25, -0.2) is 0 Å². The molecule has 5 heteroatoms. The monoisotopic (exact) mass is 509 g/mol. The van der Waals surface area contributed by atoms with Gasteiger partial charge in [0.05, 0.1) is 11.6 Å². The van der Waals surface area contributed by atoms with E-state index in [0.29, 0.717) is 23.7 Å². The Hall–Kier alpha value is 0.896. The minimum Gasteiger partial charge on any atom is -0.358 e. The average molecular weight is 510 g/mol. The molecule has 0 radical (unpaired) electrons. The molecule has 2 unspecified atom stereocenters. The Kier molecular flexibility index (Phi) is 32.0. The summed E-state index contributed by atoms with van der Waals surface area (Å²) in [5.41, 5.74) is -0.357. The van der Waals surface area contributed by atoms with Crippen LogP contribution in [0.3, 0.4) is 0 Å². The predicted molar refractivity (Wildman–Crippen MR) is 150 cm³/mol. The van der Waals surface area contributed by atoms with Crippen molar-refractivity contribution < 1.29 is 61.0 Å². The van der Waals surface area contributed by atoms with Gasteiger partial charge in [-0.3, -0.25) is 19.4 Å². The van der Waals surface area contributed by atoms with Gasteiger partial charge in [0.15, 0.2) is 11.6 Å². The van der Waals surface area contributed by atoms with Crippen molar-refractivity contribution in [3.63, 3.8) is 0 Å². The molecular formula is C29H62KN2O2-. The van der Waals surface area contributed by atoms with Gasteiger partial charge < -0.3 is 14.4 Å². The van der Waals surface area contributed by atoms with Crippen molar-refractivity contribution >= 4 is 11.6 Å². The normalized spacial score (nSPS) is 16.9. The van der Waals surface area contributed by atoms with E-state index >= 15 is 0 Å². The van der Waals surface area contributed by atoms with Gasteiger partial charge in [-0.1, -0.05) is 61.8 Å². The van der Waals surface area contributed by atoms with Crippen LogP contribution in [0.2, 0.25) is 0 Å². The van der Waals surface area contributed by atoms with Crippen molar-refractivity contribution in [1.82, 2.24) is 9.80 Å². The topological polar surface area (TPSA) is 40.6 Å². The van der Waals surface area contributed by atoms with Crippen molar-refractivity contribution in [3.05, 3.63) is 14.4 Å². The zero-order chi connectivity index (χ0) is 26.2. The number of Topliss-reactive ketones (excluding diaryl/α,β-unsaturated/α-hetero) is 2. The van der Waals surface area contributed by atoms with Crippen molar-refractivity contribution in [2.45, 2.75) is 139 Å². The molecule has 1 aliphatic heterocycles. The van der Waals surface area contributed by atoms with E-state index in [-0.39, 0.29) is 82.2 Å². The fraction of sp³-hybridized carbons (Fsp3) is 0.862. The Bertz CT molecular complexity index is 493. The number of carbonyl (C=O) groups excluding carboxylic acids is 2. The van der Waals surface area contributed by atoms with E-state index in [1.54, 1.807) is 0 Å². The molecule has 202 valence electrons. The van der Waals surface area contributed by atoms with Gasteiger partial charge in [0, 0.05) is 23.9 Å². The minimum atomic E-state index is -0.357. The fourth-order valence-electron chi connectivity index (χ4n) is 4.11. The number of ketones is 2. The number of carbonyl (C=O) groups is 2. The largest absolute Gasteiger partial charge is 1.00 e. The van der Waals surface area contributed by atoms with Crippen LogP contribution in [0.1, 0.15) is 116 Å². The zero-order valence-electron chi connectivity index (χ0n) is 26.3. The average Bonchev–Trinajstić information content (AvgIpc) is 3.25. The Morgan fingerprint density at radius 2 is 1.41 bits per heavy atom. The van der Waals surface area contributed by atoms with E-state index in [0.717, 1.165) is 25.8 Å². The summed E-state index contributed by atoms with van der Waals surface area (Å²) < 4.78 is 0. The fourth-order valence-corrected chi connectivity index (χ4v) is 4.11. The molecule has 2 atom stereocenters. The van der Waals surface area contributed by atoms with E-state index < -0.39 is 0 Å². The first kappa shape index (κ1) is 44.9. The van der Waals surface area contributed by atoms with Gasteiger partial charge in [-0.15, -0.1) is 0 Å². The summed E-state index contributed by atoms with van der Waals surface area (Å²) in [6.45, 7) is 31.5. The van der Waals surface area contributed by atoms with Gasteiger partial charge in [0.25, 0.3) is 0 Å². The van der Waals surface area contributed by atoms with E-state index in [1.807, 2.05) is 69.4 Å². The van der Waals surface area contributed by atoms with Crippen LogP contribution in [0.15, 0.2) is 0 Å². The molecule has 0 aromatic heterocycles. The molecule has 34 heavy (non-hydrogen) atoms. The van der Waals surface area contributed by atoms with Crippen LogP contribution in [0.25, 0.3) is 0 Å². The number of nitrogens with zero attached hydrogens (tertiary/aromatic N) is 2. The SMILES string of the molecule is CC.CC.CC(C)C(=O)C1CCCN1C(C)C.[CH2-]CCC(C)(C(=O)C(C)C)N(C)C(C)C.[CH3-].[K+]. The third kappa shape index (κ3) is 15.2. The van der Waals surface area contributed by atoms with Crippen LogP contribution in [0.5, 0.6) is 0 Å². The van der Waals surface area contributed by atoms with Crippen LogP contribution in [-0.2, 0) is 9.59 Å². The van der Waals surface area contributed by atoms with Crippen molar-refractivity contribution in [2.75, 3.05) is 13.6 Å². The van der Waals surface area contributed by atoms with Crippen molar-refractivity contribution in [3.8, 4) is 0 Å². The molecule has 1 rings (SSSR count). The van der Waals surface area contributed by atoms with Gasteiger partial charge in [-0.05, 0) is 61.1 Å². The first-order valence-corrected chi connectivity index (χ1v) is 13.2. The molecule has 0 saturated carbocycles. The molecule has 1 fully saturated rings. The van der Waals surface area contributed by atoms with E-state index in [2.05, 4.69) is 44.4 Å². The Morgan fingerprint density at radius 1 is 0.971 bits per heavy atom. The molecule has 0 aromatic carbocycles. The smallest absolute Gasteiger partial charge is 0.358 e. The maximum Gasteiger partial charge on any atom is 1.00 e. The van der Waals surface area contributed by atoms with Gasteiger partial charge in [0.2, 0.25) is 0 Å². The molecular weight excluding hydrogens is 447 g/mol. The van der Waals surface area contributed by atoms with Gasteiger partial charge in [-0.2, -0.15) is 6.42 Å². The van der Waals surface area contributed by atoms with E-state index in [4.69, 9.17) is 0 Å². The second-order valence-electron chi connectivity index (χ2n) is 9.65. The summed E-state index contributed by atoms with van der Waals surface area (Å²) >= 11 is 0. The molecule has 1 aliphatic rings. The minimum absolute atomic E-state index is 0. The molecule has 0 amide bonds. The molecule has 0 spiro atoms. The van der Waals surface area contributed by atoms with E-state index in [1.165, 1.54) is 6.42 Å². The quantitative estimate of drug-likeness (QED) is 0.339. The molecule has 4 nitrogen and oxygen atoms in total. The van der Waals surface area contributed by atoms with Crippen LogP contribution >= 0.6 is 0 Å². The second-order valence-corrected chi connectivity index (χ2v) is 9.65. The van der Waals surface area contributed by atoms with Crippen LogP contribution in [0.4, 0.5) is 0 Å². The molecule has 0 aliphatic carbocycles. The molecule has 0 bridgehead atoms. The summed E-state index contributed by atoms with van der Waals surface area (Å²) in [4.78, 5) is 28.6. The summed E-state index contributed by atoms with van der Waals surface area (Å²) in [7, 11) is 2.03. The maximum absolute atomic E-state index is 12.2. The molecule has 1 heterocycles. The van der Waals surface area contributed by atoms with Crippen LogP contribution < -0.4 is 51.4 Å². The Morgan fingerprint density at radius 3 is 1.71 bits per heavy atom. The Balaban J connectivity index is -0.000000137. The number of rotatable bonds is 9. The van der Waals surface area contributed by atoms with Crippen molar-refractivity contribution in [2.24, 2.45) is 11.8 Å². The second kappa shape index (κ2) is 24.2. The summed E-state index contributed by atoms with van der Waals surface area (Å²) in [5.74, 6) is 1.01. The summed E-state index contributed by atoms with van der Waals surface area (Å²) in [5, 5.41) is 0. The Labute approximate surface area is 259 Å². The van der Waals surface area contributed by atoms with Crippen LogP contribution in [-0.4, -0.2) is 58.6 Å². The standard InChI is InChI=1S/C13H26NO.C11H21NO.2C2H6.CH3.K/c1-8-9-13(6,12(15)10(2)3)14(7)11(4)5;1-8(2)11(13)10-6-5-7-12(10)9(3)4;2*1-2;;/h10-11H,1,8-9H2,2-7H3;8-10H,5-7H2,1-4H3;2*1-2H3;1H3;/q-1;;;;-1;+1.